The Labute approximate surface area is 279 Å². The van der Waals surface area contributed by atoms with Crippen LogP contribution in [0.15, 0.2) is 119 Å². The largest absolute Gasteiger partial charge is 0.497 e. The molecule has 0 bridgehead atoms. The number of nitrogens with zero attached hydrogens (tertiary/aromatic N) is 1. The summed E-state index contributed by atoms with van der Waals surface area (Å²) >= 11 is 8.71. The Morgan fingerprint density at radius 1 is 0.891 bits per heavy atom. The zero-order valence-electron chi connectivity index (χ0n) is 24.8. The van der Waals surface area contributed by atoms with Gasteiger partial charge in [0.1, 0.15) is 11.4 Å². The van der Waals surface area contributed by atoms with E-state index in [1.807, 2.05) is 42.6 Å². The number of carbonyl (C=O) groups excluding carboxylic acids is 3. The Morgan fingerprint density at radius 2 is 1.59 bits per heavy atom. The van der Waals surface area contributed by atoms with Crippen LogP contribution in [-0.2, 0) is 9.59 Å². The second-order valence-corrected chi connectivity index (χ2v) is 12.6. The third-order valence-corrected chi connectivity index (χ3v) is 8.75. The number of methoxy groups -OCH3 is 1. The number of rotatable bonds is 11. The van der Waals surface area contributed by atoms with Crippen molar-refractivity contribution in [2.45, 2.75) is 17.1 Å². The van der Waals surface area contributed by atoms with Gasteiger partial charge < -0.3 is 20.7 Å². The first-order chi connectivity index (χ1) is 22.3. The number of benzene rings is 4. The average molecular weight is 669 g/mol. The first kappa shape index (κ1) is 32.5. The molecule has 0 saturated heterocycles. The first-order valence-electron chi connectivity index (χ1n) is 14.1. The van der Waals surface area contributed by atoms with Gasteiger partial charge in [0.2, 0.25) is 5.91 Å². The lowest BCUT2D eigenvalue weighted by Gasteiger charge is -2.13. The minimum atomic E-state index is -0.491. The molecule has 4 aromatic carbocycles. The van der Waals surface area contributed by atoms with Crippen molar-refractivity contribution in [3.05, 3.63) is 130 Å². The van der Waals surface area contributed by atoms with Crippen LogP contribution < -0.4 is 20.7 Å². The Hall–Kier alpha value is -4.90. The highest BCUT2D eigenvalue weighted by molar-refractivity contribution is 8.00. The van der Waals surface area contributed by atoms with E-state index in [0.29, 0.717) is 32.7 Å². The molecular formula is C35H29ClN4O4S2. The first-order valence-corrected chi connectivity index (χ1v) is 16.2. The molecule has 5 rings (SSSR count). The fraction of sp³-hybridized carbons (Fsp3) is 0.0857. The normalized spacial score (nSPS) is 11.8. The summed E-state index contributed by atoms with van der Waals surface area (Å²) in [6.07, 6.45) is 1.60. The van der Waals surface area contributed by atoms with Gasteiger partial charge in [-0.05, 0) is 79.2 Å². The van der Waals surface area contributed by atoms with Gasteiger partial charge in [-0.2, -0.15) is 0 Å². The minimum absolute atomic E-state index is 0.0733. The molecule has 1 unspecified atom stereocenters. The predicted molar refractivity (Wildman–Crippen MR) is 186 cm³/mol. The maximum atomic E-state index is 13.4. The molecule has 0 fully saturated rings. The minimum Gasteiger partial charge on any atom is -0.497 e. The molecule has 0 spiro atoms. The van der Waals surface area contributed by atoms with Gasteiger partial charge in [-0.15, -0.1) is 23.1 Å². The molecule has 0 aliphatic carbocycles. The number of ether oxygens (including phenoxy) is 1. The highest BCUT2D eigenvalue weighted by Gasteiger charge is 2.18. The molecule has 3 amide bonds. The van der Waals surface area contributed by atoms with Crippen molar-refractivity contribution in [1.29, 1.82) is 0 Å². The number of aromatic nitrogens is 1. The lowest BCUT2D eigenvalue weighted by Crippen LogP contribution is -2.30. The van der Waals surface area contributed by atoms with Crippen LogP contribution in [0.1, 0.15) is 22.8 Å². The Morgan fingerprint density at radius 3 is 2.26 bits per heavy atom. The van der Waals surface area contributed by atoms with Gasteiger partial charge in [0.25, 0.3) is 11.8 Å². The summed E-state index contributed by atoms with van der Waals surface area (Å²) in [7, 11) is 1.57. The van der Waals surface area contributed by atoms with Crippen LogP contribution in [0.3, 0.4) is 0 Å². The maximum absolute atomic E-state index is 13.4. The van der Waals surface area contributed by atoms with E-state index in [9.17, 15) is 14.4 Å². The summed E-state index contributed by atoms with van der Waals surface area (Å²) in [6, 6.07) is 30.3. The van der Waals surface area contributed by atoms with Crippen LogP contribution in [0.4, 0.5) is 10.8 Å². The van der Waals surface area contributed by atoms with E-state index in [4.69, 9.17) is 16.3 Å². The summed E-state index contributed by atoms with van der Waals surface area (Å²) < 4.78 is 5.22. The zero-order chi connectivity index (χ0) is 32.5. The molecular weight excluding hydrogens is 640 g/mol. The highest BCUT2D eigenvalue weighted by atomic mass is 35.5. The van der Waals surface area contributed by atoms with Gasteiger partial charge in [-0.3, -0.25) is 14.4 Å². The number of thioether (sulfide) groups is 1. The second kappa shape index (κ2) is 15.4. The number of halogens is 1. The van der Waals surface area contributed by atoms with Crippen LogP contribution in [0, 0.1) is 0 Å². The van der Waals surface area contributed by atoms with Crippen molar-refractivity contribution < 1.29 is 19.1 Å². The number of carbonyl (C=O) groups is 3. The number of anilines is 2. The smallest absolute Gasteiger partial charge is 0.272 e. The van der Waals surface area contributed by atoms with E-state index in [2.05, 4.69) is 20.9 Å². The Balaban J connectivity index is 1.21. The number of hydrogen-bond donors (Lipinski definition) is 3. The van der Waals surface area contributed by atoms with Crippen LogP contribution in [0.5, 0.6) is 5.75 Å². The summed E-state index contributed by atoms with van der Waals surface area (Å²) in [5.41, 5.74) is 3.40. The van der Waals surface area contributed by atoms with E-state index in [1.54, 1.807) is 86.0 Å². The van der Waals surface area contributed by atoms with Crippen molar-refractivity contribution in [3.63, 3.8) is 0 Å². The van der Waals surface area contributed by atoms with Gasteiger partial charge in [0.05, 0.1) is 18.1 Å². The average Bonchev–Trinajstić information content (AvgIpc) is 3.54. The van der Waals surface area contributed by atoms with Crippen LogP contribution >= 0.6 is 34.7 Å². The third-order valence-electron chi connectivity index (χ3n) is 6.62. The third kappa shape index (κ3) is 8.85. The number of thiazole rings is 1. The molecule has 0 saturated carbocycles. The van der Waals surface area contributed by atoms with Crippen molar-refractivity contribution in [2.75, 3.05) is 17.7 Å². The molecule has 3 N–H and O–H groups in total. The van der Waals surface area contributed by atoms with Gasteiger partial charge in [-0.1, -0.05) is 54.1 Å². The molecule has 11 heteroatoms. The highest BCUT2D eigenvalue weighted by Crippen LogP contribution is 2.29. The molecule has 46 heavy (non-hydrogen) atoms. The van der Waals surface area contributed by atoms with E-state index >= 15 is 0 Å². The van der Waals surface area contributed by atoms with Crippen LogP contribution in [0.25, 0.3) is 17.3 Å². The summed E-state index contributed by atoms with van der Waals surface area (Å²) in [5.74, 6) is -0.405. The molecule has 5 aromatic rings. The lowest BCUT2D eigenvalue weighted by atomic mass is 10.1. The van der Waals surface area contributed by atoms with Gasteiger partial charge in [0.15, 0.2) is 5.13 Å². The molecule has 0 aliphatic heterocycles. The van der Waals surface area contributed by atoms with Crippen LogP contribution in [0.2, 0.25) is 5.02 Å². The zero-order valence-corrected chi connectivity index (χ0v) is 27.2. The standard InChI is InChI=1S/C35H29ClN4O4S2/c1-22(32(41)40-35-39-31(21-45-35)24-10-12-26(36)13-11-24)46-29-18-14-27(15-19-29)37-34(43)30(20-23-8-16-28(44-2)17-9-23)38-33(42)25-6-4-3-5-7-25/h3-22H,1-2H3,(H,37,43)(H,38,42)(H,39,40,41)/b30-20-. The van der Waals surface area contributed by atoms with E-state index in [0.717, 1.165) is 16.2 Å². The second-order valence-electron chi connectivity index (χ2n) is 9.92. The monoisotopic (exact) mass is 668 g/mol. The van der Waals surface area contributed by atoms with Crippen molar-refractivity contribution in [2.24, 2.45) is 0 Å². The van der Waals surface area contributed by atoms with Crippen molar-refractivity contribution in [1.82, 2.24) is 10.3 Å². The van der Waals surface area contributed by atoms with E-state index in [1.165, 1.54) is 23.1 Å². The molecule has 0 radical (unpaired) electrons. The van der Waals surface area contributed by atoms with Crippen LogP contribution in [-0.4, -0.2) is 35.1 Å². The molecule has 8 nitrogen and oxygen atoms in total. The molecule has 0 aliphatic rings. The topological polar surface area (TPSA) is 109 Å². The SMILES string of the molecule is COc1ccc(/C=C(\NC(=O)c2ccccc2)C(=O)Nc2ccc(SC(C)C(=O)Nc3nc(-c4ccc(Cl)cc4)cs3)cc2)cc1. The lowest BCUT2D eigenvalue weighted by molar-refractivity contribution is -0.115. The maximum Gasteiger partial charge on any atom is 0.272 e. The van der Waals surface area contributed by atoms with Gasteiger partial charge in [0, 0.05) is 32.1 Å². The molecule has 232 valence electrons. The Kier molecular flexibility index (Phi) is 10.9. The number of amides is 3. The summed E-state index contributed by atoms with van der Waals surface area (Å²) in [6.45, 7) is 1.81. The number of hydrogen-bond acceptors (Lipinski definition) is 7. The fourth-order valence-corrected chi connectivity index (χ4v) is 5.89. The molecule has 1 aromatic heterocycles. The van der Waals surface area contributed by atoms with E-state index < -0.39 is 17.1 Å². The summed E-state index contributed by atoms with van der Waals surface area (Å²) in [4.78, 5) is 44.5. The fourth-order valence-electron chi connectivity index (χ4n) is 4.17. The predicted octanol–water partition coefficient (Wildman–Crippen LogP) is 8.00. The van der Waals surface area contributed by atoms with Crippen molar-refractivity contribution in [3.8, 4) is 17.0 Å². The summed E-state index contributed by atoms with van der Waals surface area (Å²) in [5, 5.41) is 11.1. The molecule has 1 atom stereocenters. The van der Waals surface area contributed by atoms with Gasteiger partial charge in [-0.25, -0.2) is 4.98 Å². The molecule has 1 heterocycles. The Bertz CT molecular complexity index is 1840. The number of nitrogens with one attached hydrogen (secondary N) is 3. The van der Waals surface area contributed by atoms with Gasteiger partial charge >= 0.3 is 0 Å². The van der Waals surface area contributed by atoms with E-state index in [-0.39, 0.29) is 11.6 Å². The van der Waals surface area contributed by atoms with Crippen molar-refractivity contribution >= 4 is 69.3 Å². The quantitative estimate of drug-likeness (QED) is 0.0972.